The summed E-state index contributed by atoms with van der Waals surface area (Å²) < 4.78 is 34.6. The summed E-state index contributed by atoms with van der Waals surface area (Å²) in [6.07, 6.45) is 1.56. The first-order valence-electron chi connectivity index (χ1n) is 8.55. The molecule has 6 nitrogen and oxygen atoms in total. The molecule has 2 aliphatic heterocycles. The summed E-state index contributed by atoms with van der Waals surface area (Å²) in [4.78, 5) is 14.9. The van der Waals surface area contributed by atoms with Gasteiger partial charge in [-0.2, -0.15) is 0 Å². The Morgan fingerprint density at radius 2 is 1.81 bits per heavy atom. The van der Waals surface area contributed by atoms with Crippen LogP contribution >= 0.6 is 0 Å². The third-order valence-corrected chi connectivity index (χ3v) is 6.23. The number of anilines is 1. The highest BCUT2D eigenvalue weighted by atomic mass is 32.2. The number of aryl methyl sites for hydroxylation is 2. The van der Waals surface area contributed by atoms with Gasteiger partial charge in [0, 0.05) is 16.7 Å². The van der Waals surface area contributed by atoms with Gasteiger partial charge < -0.3 is 14.4 Å². The van der Waals surface area contributed by atoms with Crippen molar-refractivity contribution in [2.75, 3.05) is 17.4 Å². The number of ether oxygens (including phenoxy) is 2. The minimum Gasteiger partial charge on any atom is -0.454 e. The van der Waals surface area contributed by atoms with E-state index >= 15 is 0 Å². The number of benzene rings is 2. The molecule has 0 bridgehead atoms. The Bertz CT molecular complexity index is 1060. The highest BCUT2D eigenvalue weighted by molar-refractivity contribution is 7.94. The SMILES string of the molecule is Cc1ccc(N(C(=O)c2ccc3c(c2)OCO3)[C@H]2C=CS(=O)(=O)C2)cc1C. The third kappa shape index (κ3) is 3.30. The average molecular weight is 385 g/mol. The Morgan fingerprint density at radius 3 is 2.52 bits per heavy atom. The number of rotatable bonds is 3. The van der Waals surface area contributed by atoms with Crippen molar-refractivity contribution in [3.8, 4) is 11.5 Å². The zero-order chi connectivity index (χ0) is 19.2. The molecule has 27 heavy (non-hydrogen) atoms. The Labute approximate surface area is 157 Å². The third-order valence-electron chi connectivity index (χ3n) is 4.85. The largest absolute Gasteiger partial charge is 0.454 e. The van der Waals surface area contributed by atoms with E-state index in [-0.39, 0.29) is 18.5 Å². The first-order valence-corrected chi connectivity index (χ1v) is 10.3. The van der Waals surface area contributed by atoms with Crippen LogP contribution in [0.1, 0.15) is 21.5 Å². The molecule has 140 valence electrons. The van der Waals surface area contributed by atoms with E-state index in [1.54, 1.807) is 24.3 Å². The van der Waals surface area contributed by atoms with Crippen LogP contribution in [0.5, 0.6) is 11.5 Å². The predicted octanol–water partition coefficient (Wildman–Crippen LogP) is 2.99. The summed E-state index contributed by atoms with van der Waals surface area (Å²) in [6, 6.07) is 10.1. The molecule has 1 amide bonds. The number of carbonyl (C=O) groups is 1. The second-order valence-electron chi connectivity index (χ2n) is 6.74. The van der Waals surface area contributed by atoms with Crippen LogP contribution in [0, 0.1) is 13.8 Å². The number of hydrogen-bond acceptors (Lipinski definition) is 5. The quantitative estimate of drug-likeness (QED) is 0.812. The van der Waals surface area contributed by atoms with Gasteiger partial charge in [-0.25, -0.2) is 8.42 Å². The summed E-state index contributed by atoms with van der Waals surface area (Å²) in [5, 5.41) is 1.18. The van der Waals surface area contributed by atoms with Gasteiger partial charge in [-0.3, -0.25) is 4.79 Å². The molecule has 2 heterocycles. The lowest BCUT2D eigenvalue weighted by Gasteiger charge is -2.28. The maximum atomic E-state index is 13.3. The van der Waals surface area contributed by atoms with Crippen molar-refractivity contribution in [2.24, 2.45) is 0 Å². The van der Waals surface area contributed by atoms with Crippen LogP contribution in [-0.4, -0.2) is 32.9 Å². The summed E-state index contributed by atoms with van der Waals surface area (Å²) in [5.41, 5.74) is 3.20. The highest BCUT2D eigenvalue weighted by Crippen LogP contribution is 2.34. The monoisotopic (exact) mass is 385 g/mol. The van der Waals surface area contributed by atoms with Gasteiger partial charge >= 0.3 is 0 Å². The summed E-state index contributed by atoms with van der Waals surface area (Å²) >= 11 is 0. The number of nitrogens with zero attached hydrogens (tertiary/aromatic N) is 1. The molecule has 0 spiro atoms. The fourth-order valence-electron chi connectivity index (χ4n) is 3.22. The number of fused-ring (bicyclic) bond motifs is 1. The molecule has 1 atom stereocenters. The van der Waals surface area contributed by atoms with Crippen molar-refractivity contribution in [3.05, 3.63) is 64.6 Å². The molecule has 0 radical (unpaired) electrons. The van der Waals surface area contributed by atoms with E-state index in [0.717, 1.165) is 11.1 Å². The van der Waals surface area contributed by atoms with E-state index in [4.69, 9.17) is 9.47 Å². The van der Waals surface area contributed by atoms with Crippen molar-refractivity contribution in [1.82, 2.24) is 0 Å². The van der Waals surface area contributed by atoms with Crippen molar-refractivity contribution in [1.29, 1.82) is 0 Å². The number of amides is 1. The number of hydrogen-bond donors (Lipinski definition) is 0. The second-order valence-corrected chi connectivity index (χ2v) is 8.67. The minimum absolute atomic E-state index is 0.122. The molecule has 7 heteroatoms. The van der Waals surface area contributed by atoms with E-state index in [1.807, 2.05) is 32.0 Å². The van der Waals surface area contributed by atoms with Gasteiger partial charge in [0.2, 0.25) is 6.79 Å². The Balaban J connectivity index is 1.76. The number of carbonyl (C=O) groups excluding carboxylic acids is 1. The zero-order valence-electron chi connectivity index (χ0n) is 15.0. The van der Waals surface area contributed by atoms with Gasteiger partial charge in [-0.1, -0.05) is 6.07 Å². The first kappa shape index (κ1) is 17.6. The maximum Gasteiger partial charge on any atom is 0.258 e. The topological polar surface area (TPSA) is 72.9 Å². The van der Waals surface area contributed by atoms with E-state index < -0.39 is 15.9 Å². The molecule has 0 aromatic heterocycles. The Kier molecular flexibility index (Phi) is 4.19. The molecule has 0 fully saturated rings. The Hall–Kier alpha value is -2.80. The highest BCUT2D eigenvalue weighted by Gasteiger charge is 2.32. The van der Waals surface area contributed by atoms with Gasteiger partial charge in [0.05, 0.1) is 11.8 Å². The normalized spacial score (nSPS) is 19.3. The summed E-state index contributed by atoms with van der Waals surface area (Å²) in [7, 11) is -3.31. The second kappa shape index (κ2) is 6.42. The van der Waals surface area contributed by atoms with Crippen LogP contribution in [0.25, 0.3) is 0 Å². The lowest BCUT2D eigenvalue weighted by Crippen LogP contribution is -2.41. The van der Waals surface area contributed by atoms with Crippen molar-refractivity contribution >= 4 is 21.4 Å². The molecule has 0 saturated carbocycles. The van der Waals surface area contributed by atoms with Gasteiger partial charge in [0.15, 0.2) is 21.3 Å². The van der Waals surface area contributed by atoms with Crippen molar-refractivity contribution < 1.29 is 22.7 Å². The summed E-state index contributed by atoms with van der Waals surface area (Å²) in [5.74, 6) is 0.683. The van der Waals surface area contributed by atoms with E-state index in [0.29, 0.717) is 22.7 Å². The fraction of sp³-hybridized carbons (Fsp3) is 0.250. The van der Waals surface area contributed by atoms with Crippen LogP contribution in [0.2, 0.25) is 0 Å². The Morgan fingerprint density at radius 1 is 1.04 bits per heavy atom. The molecule has 2 aromatic rings. The van der Waals surface area contributed by atoms with E-state index in [9.17, 15) is 13.2 Å². The van der Waals surface area contributed by atoms with Crippen LogP contribution in [0.15, 0.2) is 47.9 Å². The lowest BCUT2D eigenvalue weighted by atomic mass is 10.1. The van der Waals surface area contributed by atoms with E-state index in [2.05, 4.69) is 0 Å². The number of sulfone groups is 1. The molecule has 2 aliphatic rings. The van der Waals surface area contributed by atoms with Gasteiger partial charge in [0.25, 0.3) is 5.91 Å². The van der Waals surface area contributed by atoms with Crippen LogP contribution in [0.4, 0.5) is 5.69 Å². The first-order chi connectivity index (χ1) is 12.8. The van der Waals surface area contributed by atoms with Crippen molar-refractivity contribution in [2.45, 2.75) is 19.9 Å². The molecule has 0 N–H and O–H groups in total. The smallest absolute Gasteiger partial charge is 0.258 e. The van der Waals surface area contributed by atoms with Crippen molar-refractivity contribution in [3.63, 3.8) is 0 Å². The molecule has 0 saturated heterocycles. The summed E-state index contributed by atoms with van der Waals surface area (Å²) in [6.45, 7) is 4.07. The standard InChI is InChI=1S/C20H19NO5S/c1-13-3-5-16(9-14(13)2)21(17-7-8-27(23,24)11-17)20(22)15-4-6-18-19(10-15)26-12-25-18/h3-10,17H,11-12H2,1-2H3/t17-/m0/s1. The average Bonchev–Trinajstić information content (AvgIpc) is 3.23. The van der Waals surface area contributed by atoms with Gasteiger partial charge in [-0.05, 0) is 61.4 Å². The maximum absolute atomic E-state index is 13.3. The van der Waals surface area contributed by atoms with Gasteiger partial charge in [0.1, 0.15) is 0 Å². The molecule has 0 aliphatic carbocycles. The van der Waals surface area contributed by atoms with Crippen LogP contribution in [0.3, 0.4) is 0 Å². The lowest BCUT2D eigenvalue weighted by molar-refractivity contribution is 0.0982. The van der Waals surface area contributed by atoms with Crippen LogP contribution in [-0.2, 0) is 9.84 Å². The molecule has 2 aromatic carbocycles. The minimum atomic E-state index is -3.31. The molecular formula is C20H19NO5S. The van der Waals surface area contributed by atoms with Gasteiger partial charge in [-0.15, -0.1) is 0 Å². The zero-order valence-corrected chi connectivity index (χ0v) is 15.8. The molecular weight excluding hydrogens is 366 g/mol. The van der Waals surface area contributed by atoms with Crippen LogP contribution < -0.4 is 14.4 Å². The predicted molar refractivity (Wildman–Crippen MR) is 102 cm³/mol. The fourth-order valence-corrected chi connectivity index (χ4v) is 4.49. The molecule has 4 rings (SSSR count). The molecule has 0 unspecified atom stereocenters. The van der Waals surface area contributed by atoms with E-state index in [1.165, 1.54) is 10.3 Å².